The van der Waals surface area contributed by atoms with Gasteiger partial charge in [0.2, 0.25) is 0 Å². The number of halogens is 3. The van der Waals surface area contributed by atoms with E-state index >= 15 is 0 Å². The number of nitrogens with zero attached hydrogens (tertiary/aromatic N) is 1. The van der Waals surface area contributed by atoms with Crippen LogP contribution in [0, 0.1) is 0 Å². The van der Waals surface area contributed by atoms with Crippen LogP contribution in [-0.4, -0.2) is 24.5 Å². The number of amidine groups is 1. The molecule has 0 unspecified atom stereocenters. The molecule has 0 bridgehead atoms. The average molecular weight is 374 g/mol. The van der Waals surface area contributed by atoms with Crippen LogP contribution in [0.15, 0.2) is 53.5 Å². The van der Waals surface area contributed by atoms with Gasteiger partial charge >= 0.3 is 6.18 Å². The largest absolute Gasteiger partial charge is 0.416 e. The molecule has 0 atom stereocenters. The molecule has 0 saturated carbocycles. The highest BCUT2D eigenvalue weighted by Gasteiger charge is 2.40. The van der Waals surface area contributed by atoms with Crippen molar-refractivity contribution < 1.29 is 13.2 Å². The van der Waals surface area contributed by atoms with Crippen LogP contribution in [0.25, 0.3) is 0 Å². The van der Waals surface area contributed by atoms with Crippen molar-refractivity contribution in [1.29, 1.82) is 0 Å². The normalized spacial score (nSPS) is 18.4. The second kappa shape index (κ2) is 6.88. The first-order valence-corrected chi connectivity index (χ1v) is 9.03. The van der Waals surface area contributed by atoms with Crippen LogP contribution in [0.5, 0.6) is 0 Å². The topological polar surface area (TPSA) is 48.5 Å². The molecule has 1 saturated heterocycles. The van der Waals surface area contributed by atoms with Gasteiger partial charge in [0, 0.05) is 6.54 Å². The van der Waals surface area contributed by atoms with Crippen molar-refractivity contribution in [3.8, 4) is 0 Å². The van der Waals surface area contributed by atoms with E-state index in [0.717, 1.165) is 49.2 Å². The predicted octanol–water partition coefficient (Wildman–Crippen LogP) is 4.07. The summed E-state index contributed by atoms with van der Waals surface area (Å²) in [7, 11) is 0. The Hall–Kier alpha value is -2.54. The minimum absolute atomic E-state index is 0.293. The van der Waals surface area contributed by atoms with E-state index in [4.69, 9.17) is 4.99 Å². The molecule has 2 heterocycles. The summed E-state index contributed by atoms with van der Waals surface area (Å²) >= 11 is 0. The van der Waals surface area contributed by atoms with Crippen molar-refractivity contribution in [3.63, 3.8) is 0 Å². The molecular formula is C20H21F3N4. The standard InChI is InChI=1S/C20H21F3N4/c21-20(22,23)15-5-3-4-14(12-15)13-25-18-19(8-10-24-11-9-19)27-17-7-2-1-6-16(17)26-18/h1-7,12,24,27H,8-11,13H2,(H,25,26). The molecule has 2 aliphatic rings. The second-order valence-corrected chi connectivity index (χ2v) is 6.99. The molecule has 0 aliphatic carbocycles. The molecule has 3 N–H and O–H groups in total. The Morgan fingerprint density at radius 1 is 1.04 bits per heavy atom. The molecule has 2 aromatic rings. The summed E-state index contributed by atoms with van der Waals surface area (Å²) in [6.45, 7) is 2.01. The lowest BCUT2D eigenvalue weighted by Crippen LogP contribution is -2.58. The van der Waals surface area contributed by atoms with E-state index in [1.807, 2.05) is 24.3 Å². The Bertz CT molecular complexity index is 854. The molecule has 1 spiro atoms. The highest BCUT2D eigenvalue weighted by Crippen LogP contribution is 2.37. The quantitative estimate of drug-likeness (QED) is 0.743. The maximum absolute atomic E-state index is 13.0. The van der Waals surface area contributed by atoms with Crippen molar-refractivity contribution in [3.05, 3.63) is 59.7 Å². The molecule has 0 aromatic heterocycles. The summed E-state index contributed by atoms with van der Waals surface area (Å²) in [5, 5.41) is 10.3. The molecule has 0 radical (unpaired) electrons. The molecular weight excluding hydrogens is 353 g/mol. The Morgan fingerprint density at radius 2 is 1.81 bits per heavy atom. The number of hydrogen-bond acceptors (Lipinski definition) is 4. The summed E-state index contributed by atoms with van der Waals surface area (Å²) in [5.41, 5.74) is 1.46. The first-order valence-electron chi connectivity index (χ1n) is 9.03. The third-order valence-electron chi connectivity index (χ3n) is 5.13. The van der Waals surface area contributed by atoms with E-state index < -0.39 is 11.7 Å². The van der Waals surface area contributed by atoms with Crippen molar-refractivity contribution in [2.45, 2.75) is 31.1 Å². The number of benzene rings is 2. The molecule has 0 amide bonds. The van der Waals surface area contributed by atoms with E-state index in [2.05, 4.69) is 16.0 Å². The highest BCUT2D eigenvalue weighted by molar-refractivity contribution is 6.00. The molecule has 7 heteroatoms. The smallest absolute Gasteiger partial charge is 0.371 e. The van der Waals surface area contributed by atoms with Gasteiger partial charge in [-0.05, 0) is 55.8 Å². The van der Waals surface area contributed by atoms with Gasteiger partial charge in [-0.1, -0.05) is 24.3 Å². The number of rotatable bonds is 2. The van der Waals surface area contributed by atoms with Gasteiger partial charge in [-0.25, -0.2) is 4.99 Å². The third-order valence-corrected chi connectivity index (χ3v) is 5.13. The monoisotopic (exact) mass is 374 g/mol. The fourth-order valence-electron chi connectivity index (χ4n) is 3.69. The first-order chi connectivity index (χ1) is 13.0. The van der Waals surface area contributed by atoms with Crippen LogP contribution >= 0.6 is 0 Å². The molecule has 4 rings (SSSR count). The fraction of sp³-hybridized carbons (Fsp3) is 0.350. The Morgan fingerprint density at radius 3 is 2.59 bits per heavy atom. The van der Waals surface area contributed by atoms with Gasteiger partial charge in [0.15, 0.2) is 0 Å². The van der Waals surface area contributed by atoms with Gasteiger partial charge in [0.1, 0.15) is 5.84 Å². The average Bonchev–Trinajstić information content (AvgIpc) is 2.66. The van der Waals surface area contributed by atoms with Crippen LogP contribution in [0.4, 0.5) is 24.5 Å². The van der Waals surface area contributed by atoms with Gasteiger partial charge in [-0.15, -0.1) is 0 Å². The summed E-state index contributed by atoms with van der Waals surface area (Å²) in [5.74, 6) is 0.792. The summed E-state index contributed by atoms with van der Waals surface area (Å²) in [6.07, 6.45) is -2.62. The number of hydrogen-bond donors (Lipinski definition) is 3. The highest BCUT2D eigenvalue weighted by atomic mass is 19.4. The number of fused-ring (bicyclic) bond motifs is 1. The number of piperidine rings is 1. The molecule has 142 valence electrons. The molecule has 4 nitrogen and oxygen atoms in total. The zero-order valence-corrected chi connectivity index (χ0v) is 14.7. The minimum atomic E-state index is -4.34. The Balaban J connectivity index is 1.60. The van der Waals surface area contributed by atoms with Gasteiger partial charge < -0.3 is 16.0 Å². The van der Waals surface area contributed by atoms with E-state index in [1.165, 1.54) is 12.1 Å². The maximum atomic E-state index is 13.0. The van der Waals surface area contributed by atoms with Crippen molar-refractivity contribution >= 4 is 17.2 Å². The molecule has 2 aromatic carbocycles. The number of anilines is 1. The van der Waals surface area contributed by atoms with Crippen LogP contribution in [0.1, 0.15) is 24.0 Å². The van der Waals surface area contributed by atoms with Gasteiger partial charge in [-0.3, -0.25) is 0 Å². The Labute approximate surface area is 155 Å². The van der Waals surface area contributed by atoms with Gasteiger partial charge in [0.05, 0.1) is 22.5 Å². The summed E-state index contributed by atoms with van der Waals surface area (Å²) in [6, 6.07) is 13.2. The molecule has 1 fully saturated rings. The number of para-hydroxylation sites is 2. The van der Waals surface area contributed by atoms with E-state index in [-0.39, 0.29) is 5.54 Å². The van der Waals surface area contributed by atoms with Crippen LogP contribution < -0.4 is 16.0 Å². The SMILES string of the molecule is FC(F)(F)c1cccc(CNC2=Nc3ccccc3NC23CCNCC3)c1. The fourth-order valence-corrected chi connectivity index (χ4v) is 3.69. The first kappa shape index (κ1) is 17.9. The zero-order valence-electron chi connectivity index (χ0n) is 14.7. The van der Waals surface area contributed by atoms with Crippen LogP contribution in [0.2, 0.25) is 0 Å². The number of aliphatic imine (C=N–C) groups is 1. The van der Waals surface area contributed by atoms with E-state index in [9.17, 15) is 13.2 Å². The third kappa shape index (κ3) is 3.64. The van der Waals surface area contributed by atoms with Crippen molar-refractivity contribution in [1.82, 2.24) is 10.6 Å². The maximum Gasteiger partial charge on any atom is 0.416 e. The van der Waals surface area contributed by atoms with Gasteiger partial charge in [-0.2, -0.15) is 13.2 Å². The zero-order chi connectivity index (χ0) is 18.9. The lowest BCUT2D eigenvalue weighted by atomic mass is 9.85. The van der Waals surface area contributed by atoms with E-state index in [1.54, 1.807) is 6.07 Å². The number of nitrogens with one attached hydrogen (secondary N) is 3. The summed E-state index contributed by atoms with van der Waals surface area (Å²) in [4.78, 5) is 4.80. The van der Waals surface area contributed by atoms with Crippen LogP contribution in [-0.2, 0) is 12.7 Å². The lowest BCUT2D eigenvalue weighted by molar-refractivity contribution is -0.137. The van der Waals surface area contributed by atoms with Crippen LogP contribution in [0.3, 0.4) is 0 Å². The van der Waals surface area contributed by atoms with E-state index in [0.29, 0.717) is 12.1 Å². The summed E-state index contributed by atoms with van der Waals surface area (Å²) < 4.78 is 38.9. The number of alkyl halides is 3. The minimum Gasteiger partial charge on any atom is -0.371 e. The Kier molecular flexibility index (Phi) is 4.55. The predicted molar refractivity (Wildman–Crippen MR) is 100 cm³/mol. The second-order valence-electron chi connectivity index (χ2n) is 6.99. The van der Waals surface area contributed by atoms with Crippen molar-refractivity contribution in [2.24, 2.45) is 4.99 Å². The molecule has 27 heavy (non-hydrogen) atoms. The van der Waals surface area contributed by atoms with Gasteiger partial charge in [0.25, 0.3) is 0 Å². The lowest BCUT2D eigenvalue weighted by Gasteiger charge is -2.43. The van der Waals surface area contributed by atoms with Crippen molar-refractivity contribution in [2.75, 3.05) is 18.4 Å². The molecule has 2 aliphatic heterocycles.